The molecule has 0 saturated heterocycles. The van der Waals surface area contributed by atoms with Crippen LogP contribution < -0.4 is 0 Å². The summed E-state index contributed by atoms with van der Waals surface area (Å²) < 4.78 is 2.75. The van der Waals surface area contributed by atoms with Crippen molar-refractivity contribution in [3.63, 3.8) is 0 Å². The smallest absolute Gasteiger partial charge is 0.159 e. The van der Waals surface area contributed by atoms with Gasteiger partial charge in [0.2, 0.25) is 0 Å². The molecule has 0 aliphatic heterocycles. The topological polar surface area (TPSA) is 34.9 Å². The molecule has 0 saturated carbocycles. The lowest BCUT2D eigenvalue weighted by Crippen LogP contribution is -1.92. The number of carbonyl (C=O) groups is 1. The predicted molar refractivity (Wildman–Crippen MR) is 63.4 cm³/mol. The minimum atomic E-state index is 0.0894. The van der Waals surface area contributed by atoms with Crippen LogP contribution >= 0.6 is 22.6 Å². The zero-order valence-electron chi connectivity index (χ0n) is 7.91. The van der Waals surface area contributed by atoms with E-state index < -0.39 is 0 Å². The Hall–Kier alpha value is -0.910. The van der Waals surface area contributed by atoms with Gasteiger partial charge in [0.15, 0.2) is 5.78 Å². The second kappa shape index (κ2) is 3.34. The Kier molecular flexibility index (Phi) is 2.30. The van der Waals surface area contributed by atoms with Crippen molar-refractivity contribution in [1.82, 2.24) is 9.78 Å². The van der Waals surface area contributed by atoms with Crippen molar-refractivity contribution in [2.45, 2.75) is 6.92 Å². The Bertz CT molecular complexity index is 516. The van der Waals surface area contributed by atoms with Gasteiger partial charge in [-0.2, -0.15) is 5.10 Å². The molecule has 1 aromatic heterocycles. The van der Waals surface area contributed by atoms with E-state index in [9.17, 15) is 4.79 Å². The first-order valence-corrected chi connectivity index (χ1v) is 5.30. The first kappa shape index (κ1) is 9.64. The van der Waals surface area contributed by atoms with Crippen LogP contribution in [0, 0.1) is 3.70 Å². The van der Waals surface area contributed by atoms with Gasteiger partial charge in [-0.05, 0) is 47.7 Å². The van der Waals surface area contributed by atoms with Gasteiger partial charge >= 0.3 is 0 Å². The number of ketones is 1. The van der Waals surface area contributed by atoms with E-state index in [1.54, 1.807) is 6.92 Å². The molecule has 14 heavy (non-hydrogen) atoms. The maximum atomic E-state index is 11.2. The third-order valence-corrected chi connectivity index (χ3v) is 3.01. The van der Waals surface area contributed by atoms with E-state index >= 15 is 0 Å². The zero-order chi connectivity index (χ0) is 10.3. The maximum absolute atomic E-state index is 11.2. The first-order chi connectivity index (χ1) is 6.59. The van der Waals surface area contributed by atoms with Gasteiger partial charge in [-0.15, -0.1) is 0 Å². The molecule has 1 heterocycles. The Morgan fingerprint density at radius 2 is 2.21 bits per heavy atom. The second-order valence-corrected chi connectivity index (χ2v) is 4.22. The highest BCUT2D eigenvalue weighted by atomic mass is 127. The van der Waals surface area contributed by atoms with E-state index in [-0.39, 0.29) is 5.78 Å². The van der Waals surface area contributed by atoms with E-state index in [1.165, 1.54) is 0 Å². The van der Waals surface area contributed by atoms with Gasteiger partial charge in [-0.1, -0.05) is 0 Å². The lowest BCUT2D eigenvalue weighted by atomic mass is 10.1. The number of aryl methyl sites for hydroxylation is 1. The van der Waals surface area contributed by atoms with Crippen molar-refractivity contribution in [3.8, 4) is 0 Å². The molecule has 0 amide bonds. The number of halogens is 1. The summed E-state index contributed by atoms with van der Waals surface area (Å²) in [5.74, 6) is 0.0894. The summed E-state index contributed by atoms with van der Waals surface area (Å²) in [7, 11) is 1.90. The number of benzene rings is 1. The molecule has 72 valence electrons. The molecule has 0 aliphatic rings. The molecule has 0 N–H and O–H groups in total. The number of hydrogen-bond acceptors (Lipinski definition) is 2. The van der Waals surface area contributed by atoms with Crippen LogP contribution in [0.4, 0.5) is 0 Å². The fourth-order valence-corrected chi connectivity index (χ4v) is 2.20. The molecule has 1 aromatic carbocycles. The Morgan fingerprint density at radius 1 is 1.50 bits per heavy atom. The molecule has 0 atom stereocenters. The lowest BCUT2D eigenvalue weighted by Gasteiger charge is -1.96. The number of Topliss-reactive ketones (excluding diaryl/α,β-unsaturated/α-hetero) is 1. The summed E-state index contributed by atoms with van der Waals surface area (Å²) in [4.78, 5) is 11.2. The molecule has 0 radical (unpaired) electrons. The molecule has 2 aromatic rings. The third-order valence-electron chi connectivity index (χ3n) is 2.21. The van der Waals surface area contributed by atoms with Crippen LogP contribution in [0.25, 0.3) is 10.9 Å². The molecular weight excluding hydrogens is 291 g/mol. The van der Waals surface area contributed by atoms with Gasteiger partial charge in [-0.3, -0.25) is 9.48 Å². The summed E-state index contributed by atoms with van der Waals surface area (Å²) in [6.45, 7) is 1.57. The van der Waals surface area contributed by atoms with E-state index in [4.69, 9.17) is 0 Å². The molecule has 4 heteroatoms. The lowest BCUT2D eigenvalue weighted by molar-refractivity contribution is 0.101. The normalized spacial score (nSPS) is 10.8. The Morgan fingerprint density at radius 3 is 2.86 bits per heavy atom. The standard InChI is InChI=1S/C10H9IN2O/c1-6(14)7-3-4-9-8(5-7)10(11)12-13(9)2/h3-5H,1-2H3. The van der Waals surface area contributed by atoms with Crippen LogP contribution in [0.1, 0.15) is 17.3 Å². The van der Waals surface area contributed by atoms with Gasteiger partial charge in [-0.25, -0.2) is 0 Å². The Labute approximate surface area is 95.2 Å². The quantitative estimate of drug-likeness (QED) is 0.599. The molecule has 2 rings (SSSR count). The maximum Gasteiger partial charge on any atom is 0.159 e. The summed E-state index contributed by atoms with van der Waals surface area (Å²) in [5.41, 5.74) is 1.79. The molecule has 0 unspecified atom stereocenters. The highest BCUT2D eigenvalue weighted by Gasteiger charge is 2.07. The minimum absolute atomic E-state index is 0.0894. The van der Waals surface area contributed by atoms with E-state index in [0.29, 0.717) is 0 Å². The van der Waals surface area contributed by atoms with E-state index in [0.717, 1.165) is 20.2 Å². The van der Waals surface area contributed by atoms with Gasteiger partial charge in [0.25, 0.3) is 0 Å². The first-order valence-electron chi connectivity index (χ1n) is 4.23. The van der Waals surface area contributed by atoms with Crippen molar-refractivity contribution in [1.29, 1.82) is 0 Å². The van der Waals surface area contributed by atoms with Gasteiger partial charge in [0.1, 0.15) is 3.70 Å². The van der Waals surface area contributed by atoms with Gasteiger partial charge in [0.05, 0.1) is 5.52 Å². The van der Waals surface area contributed by atoms with E-state index in [2.05, 4.69) is 27.7 Å². The average Bonchev–Trinajstić information content (AvgIpc) is 2.42. The third kappa shape index (κ3) is 1.43. The fourth-order valence-electron chi connectivity index (χ4n) is 1.44. The van der Waals surface area contributed by atoms with Crippen LogP contribution in [0.15, 0.2) is 18.2 Å². The average molecular weight is 300 g/mol. The Balaban J connectivity index is 2.77. The number of fused-ring (bicyclic) bond motifs is 1. The monoisotopic (exact) mass is 300 g/mol. The molecule has 0 spiro atoms. The van der Waals surface area contributed by atoms with Crippen LogP contribution in [0.3, 0.4) is 0 Å². The second-order valence-electron chi connectivity index (χ2n) is 3.20. The number of carbonyl (C=O) groups excluding carboxylic acids is 1. The SMILES string of the molecule is CC(=O)c1ccc2c(c1)c(I)nn2C. The molecule has 0 bridgehead atoms. The molecule has 0 aliphatic carbocycles. The van der Waals surface area contributed by atoms with Gasteiger partial charge < -0.3 is 0 Å². The number of nitrogens with zero attached hydrogens (tertiary/aromatic N) is 2. The number of aromatic nitrogens is 2. The van der Waals surface area contributed by atoms with Gasteiger partial charge in [0, 0.05) is 18.0 Å². The fraction of sp³-hybridized carbons (Fsp3) is 0.200. The van der Waals surface area contributed by atoms with Crippen LogP contribution in [-0.2, 0) is 7.05 Å². The van der Waals surface area contributed by atoms with Crippen molar-refractivity contribution >= 4 is 39.3 Å². The molecular formula is C10H9IN2O. The summed E-state index contributed by atoms with van der Waals surface area (Å²) in [5, 5.41) is 5.33. The molecule has 3 nitrogen and oxygen atoms in total. The summed E-state index contributed by atoms with van der Waals surface area (Å²) in [6.07, 6.45) is 0. The van der Waals surface area contributed by atoms with Crippen molar-refractivity contribution in [3.05, 3.63) is 27.5 Å². The number of hydrogen-bond donors (Lipinski definition) is 0. The van der Waals surface area contributed by atoms with Crippen molar-refractivity contribution in [2.75, 3.05) is 0 Å². The largest absolute Gasteiger partial charge is 0.295 e. The summed E-state index contributed by atoms with van der Waals surface area (Å²) >= 11 is 2.18. The summed E-state index contributed by atoms with van der Waals surface area (Å²) in [6, 6.07) is 5.66. The van der Waals surface area contributed by atoms with E-state index in [1.807, 2.05) is 29.9 Å². The molecule has 0 fully saturated rings. The highest BCUT2D eigenvalue weighted by molar-refractivity contribution is 14.1. The minimum Gasteiger partial charge on any atom is -0.295 e. The van der Waals surface area contributed by atoms with Crippen LogP contribution in [0.2, 0.25) is 0 Å². The van der Waals surface area contributed by atoms with Crippen molar-refractivity contribution in [2.24, 2.45) is 7.05 Å². The van der Waals surface area contributed by atoms with Crippen molar-refractivity contribution < 1.29 is 4.79 Å². The van der Waals surface area contributed by atoms with Crippen LogP contribution in [0.5, 0.6) is 0 Å². The predicted octanol–water partition coefficient (Wildman–Crippen LogP) is 2.38. The number of rotatable bonds is 1. The highest BCUT2D eigenvalue weighted by Crippen LogP contribution is 2.21. The van der Waals surface area contributed by atoms with Crippen LogP contribution in [-0.4, -0.2) is 15.6 Å². The zero-order valence-corrected chi connectivity index (χ0v) is 10.1.